The van der Waals surface area contributed by atoms with E-state index >= 15 is 0 Å². The van der Waals surface area contributed by atoms with Crippen LogP contribution >= 0.6 is 7.82 Å². The van der Waals surface area contributed by atoms with Gasteiger partial charge in [0.2, 0.25) is 0 Å². The van der Waals surface area contributed by atoms with E-state index in [1.807, 2.05) is 0 Å². The first-order valence-corrected chi connectivity index (χ1v) is 7.86. The molecule has 0 aliphatic carbocycles. The molecule has 0 aromatic rings. The Morgan fingerprint density at radius 1 is 0.950 bits per heavy atom. The largest absolute Gasteiger partial charge is 0.472 e. The zero-order chi connectivity index (χ0) is 16.2. The molecule has 0 amide bonds. The van der Waals surface area contributed by atoms with Crippen LogP contribution in [0.3, 0.4) is 0 Å². The van der Waals surface area contributed by atoms with Crippen molar-refractivity contribution in [2.24, 2.45) is 0 Å². The summed E-state index contributed by atoms with van der Waals surface area (Å²) in [6, 6.07) is 0. The molecule has 0 bridgehead atoms. The van der Waals surface area contributed by atoms with Crippen molar-refractivity contribution in [3.05, 3.63) is 0 Å². The van der Waals surface area contributed by atoms with E-state index in [9.17, 15) is 17.7 Å². The van der Waals surface area contributed by atoms with Crippen molar-refractivity contribution in [2.45, 2.75) is 39.7 Å². The van der Waals surface area contributed by atoms with Crippen molar-refractivity contribution in [2.75, 3.05) is 26.2 Å². The molecule has 0 spiro atoms. The van der Waals surface area contributed by atoms with Crippen molar-refractivity contribution < 1.29 is 32.0 Å². The summed E-state index contributed by atoms with van der Waals surface area (Å²) in [6.07, 6.45) is -4.99. The third kappa shape index (κ3) is 4.16. The highest BCUT2D eigenvalue weighted by Crippen LogP contribution is 2.50. The first-order valence-electron chi connectivity index (χ1n) is 6.33. The van der Waals surface area contributed by atoms with Crippen molar-refractivity contribution >= 4 is 7.82 Å². The van der Waals surface area contributed by atoms with Crippen molar-refractivity contribution in [3.8, 4) is 0 Å². The topological polar surface area (TPSA) is 73.2 Å². The summed E-state index contributed by atoms with van der Waals surface area (Å²) < 4.78 is 56.2. The van der Waals surface area contributed by atoms with Gasteiger partial charge in [0.1, 0.15) is 0 Å². The molecule has 0 atom stereocenters. The summed E-state index contributed by atoms with van der Waals surface area (Å²) in [5, 5.41) is 0. The lowest BCUT2D eigenvalue weighted by molar-refractivity contribution is -0.363. The summed E-state index contributed by atoms with van der Waals surface area (Å²) >= 11 is 0. The fourth-order valence-electron chi connectivity index (χ4n) is 2.20. The van der Waals surface area contributed by atoms with E-state index in [0.29, 0.717) is 0 Å². The molecule has 0 aromatic heterocycles. The van der Waals surface area contributed by atoms with Crippen LogP contribution in [0.4, 0.5) is 13.2 Å². The second-order valence-corrected chi connectivity index (χ2v) is 5.20. The van der Waals surface area contributed by atoms with Gasteiger partial charge in [-0.3, -0.25) is 9.80 Å². The molecule has 0 rings (SSSR count). The van der Waals surface area contributed by atoms with Gasteiger partial charge in [-0.15, -0.1) is 0 Å². The standard InChI is InChI=1S/C10H22F3N2O4P/c1-5-14(6-2)10(9(11,12)13,15(7-3)8-4)19-20(16,17)18/h5-8H2,1-4H3,(H2,16,17,18). The molecule has 0 saturated heterocycles. The number of phosphoric ester groups is 1. The quantitative estimate of drug-likeness (QED) is 0.526. The molecular formula is C10H22F3N2O4P. The maximum atomic E-state index is 13.6. The predicted molar refractivity (Wildman–Crippen MR) is 67.8 cm³/mol. The van der Waals surface area contributed by atoms with Gasteiger partial charge >= 0.3 is 14.0 Å². The number of nitrogens with zero attached hydrogens (tertiary/aromatic N) is 2. The molecule has 10 heteroatoms. The molecule has 20 heavy (non-hydrogen) atoms. The second-order valence-electron chi connectivity index (χ2n) is 4.03. The third-order valence-electron chi connectivity index (χ3n) is 3.00. The van der Waals surface area contributed by atoms with Gasteiger partial charge in [-0.1, -0.05) is 27.7 Å². The average Bonchev–Trinajstić information content (AvgIpc) is 2.28. The SMILES string of the molecule is CCN(CC)C(OP(=O)(O)O)(N(CC)CC)C(F)(F)F. The summed E-state index contributed by atoms with van der Waals surface area (Å²) in [6.45, 7) is 5.57. The van der Waals surface area contributed by atoms with Gasteiger partial charge in [0.15, 0.2) is 0 Å². The van der Waals surface area contributed by atoms with E-state index in [1.165, 1.54) is 27.7 Å². The molecule has 0 heterocycles. The highest BCUT2D eigenvalue weighted by molar-refractivity contribution is 7.46. The minimum atomic E-state index is -5.35. The minimum absolute atomic E-state index is 0.0769. The molecule has 0 fully saturated rings. The Bertz CT molecular complexity index is 328. The van der Waals surface area contributed by atoms with Gasteiger partial charge in [0.25, 0.3) is 5.85 Å². The van der Waals surface area contributed by atoms with E-state index in [1.54, 1.807) is 0 Å². The lowest BCUT2D eigenvalue weighted by Crippen LogP contribution is -2.69. The number of alkyl halides is 3. The summed E-state index contributed by atoms with van der Waals surface area (Å²) in [5.74, 6) is -3.14. The van der Waals surface area contributed by atoms with Crippen LogP contribution in [0.1, 0.15) is 27.7 Å². The molecule has 0 aliphatic rings. The van der Waals surface area contributed by atoms with Crippen LogP contribution in [0.5, 0.6) is 0 Å². The van der Waals surface area contributed by atoms with E-state index in [-0.39, 0.29) is 26.2 Å². The number of halogens is 3. The zero-order valence-electron chi connectivity index (χ0n) is 12.0. The fraction of sp³-hybridized carbons (Fsp3) is 1.00. The minimum Gasteiger partial charge on any atom is -0.303 e. The van der Waals surface area contributed by atoms with Crippen molar-refractivity contribution in [1.29, 1.82) is 0 Å². The molecule has 6 nitrogen and oxygen atoms in total. The Hall–Kier alpha value is -0.180. The number of hydrogen-bond donors (Lipinski definition) is 2. The summed E-state index contributed by atoms with van der Waals surface area (Å²) in [5.41, 5.74) is 0. The lowest BCUT2D eigenvalue weighted by atomic mass is 10.2. The number of hydrogen-bond acceptors (Lipinski definition) is 4. The van der Waals surface area contributed by atoms with E-state index in [0.717, 1.165) is 9.80 Å². The first kappa shape index (κ1) is 19.8. The van der Waals surface area contributed by atoms with Crippen LogP contribution in [0.15, 0.2) is 0 Å². The van der Waals surface area contributed by atoms with Crippen LogP contribution in [-0.4, -0.2) is 57.8 Å². The van der Waals surface area contributed by atoms with Gasteiger partial charge in [-0.05, 0) is 26.2 Å². The number of phosphoric acid groups is 1. The van der Waals surface area contributed by atoms with Crippen LogP contribution in [-0.2, 0) is 9.09 Å². The lowest BCUT2D eigenvalue weighted by Gasteiger charge is -2.49. The molecule has 0 unspecified atom stereocenters. The van der Waals surface area contributed by atoms with E-state index in [4.69, 9.17) is 9.79 Å². The Morgan fingerprint density at radius 3 is 1.40 bits per heavy atom. The molecule has 0 aromatic carbocycles. The molecule has 0 aliphatic heterocycles. The summed E-state index contributed by atoms with van der Waals surface area (Å²) in [7, 11) is -5.35. The van der Waals surface area contributed by atoms with Crippen LogP contribution in [0, 0.1) is 0 Å². The fourth-order valence-corrected chi connectivity index (χ4v) is 2.86. The van der Waals surface area contributed by atoms with Crippen LogP contribution in [0.2, 0.25) is 0 Å². The number of rotatable bonds is 8. The van der Waals surface area contributed by atoms with E-state index in [2.05, 4.69) is 4.52 Å². The van der Waals surface area contributed by atoms with Crippen molar-refractivity contribution in [1.82, 2.24) is 9.80 Å². The smallest absolute Gasteiger partial charge is 0.303 e. The van der Waals surface area contributed by atoms with Gasteiger partial charge in [0.05, 0.1) is 0 Å². The van der Waals surface area contributed by atoms with E-state index < -0.39 is 19.8 Å². The Labute approximate surface area is 116 Å². The highest BCUT2D eigenvalue weighted by atomic mass is 31.2. The van der Waals surface area contributed by atoms with Crippen LogP contribution in [0.25, 0.3) is 0 Å². The maximum absolute atomic E-state index is 13.6. The van der Waals surface area contributed by atoms with Crippen molar-refractivity contribution in [3.63, 3.8) is 0 Å². The Kier molecular flexibility index (Phi) is 7.13. The monoisotopic (exact) mass is 322 g/mol. The average molecular weight is 322 g/mol. The summed E-state index contributed by atoms with van der Waals surface area (Å²) in [4.78, 5) is 19.6. The second kappa shape index (κ2) is 7.20. The Balaban J connectivity index is 6.09. The van der Waals surface area contributed by atoms with Gasteiger partial charge in [0, 0.05) is 0 Å². The molecule has 2 N–H and O–H groups in total. The Morgan fingerprint density at radius 2 is 1.25 bits per heavy atom. The molecular weight excluding hydrogens is 300 g/mol. The zero-order valence-corrected chi connectivity index (χ0v) is 12.9. The predicted octanol–water partition coefficient (Wildman–Crippen LogP) is 2.00. The molecule has 122 valence electrons. The normalized spacial score (nSPS) is 14.3. The van der Waals surface area contributed by atoms with Crippen LogP contribution < -0.4 is 0 Å². The van der Waals surface area contributed by atoms with Gasteiger partial charge in [-0.2, -0.15) is 13.2 Å². The highest BCUT2D eigenvalue weighted by Gasteiger charge is 2.65. The molecule has 0 saturated carbocycles. The first-order chi connectivity index (χ1) is 9.00. The maximum Gasteiger partial charge on any atom is 0.472 e. The third-order valence-corrected chi connectivity index (χ3v) is 3.49. The van der Waals surface area contributed by atoms with Gasteiger partial charge in [-0.25, -0.2) is 9.09 Å². The molecule has 0 radical (unpaired) electrons. The van der Waals surface area contributed by atoms with Gasteiger partial charge < -0.3 is 9.79 Å².